The Kier molecular flexibility index (Phi) is 6.36. The Hall–Kier alpha value is -4.26. The maximum atomic E-state index is 7.85. The van der Waals surface area contributed by atoms with E-state index in [0.29, 0.717) is 18.4 Å². The first-order valence-electron chi connectivity index (χ1n) is 10.3. The molecule has 0 unspecified atom stereocenters. The lowest BCUT2D eigenvalue weighted by Crippen LogP contribution is -2.15. The van der Waals surface area contributed by atoms with Crippen molar-refractivity contribution in [3.05, 3.63) is 95.8 Å². The molecular formula is C25H25N7. The summed E-state index contributed by atoms with van der Waals surface area (Å²) in [5.74, 6) is 0.983. The lowest BCUT2D eigenvalue weighted by molar-refractivity contribution is 0.990. The Balaban J connectivity index is 1.51. The van der Waals surface area contributed by atoms with Gasteiger partial charge in [0.25, 0.3) is 0 Å². The molecule has 1 aromatic heterocycles. The summed E-state index contributed by atoms with van der Waals surface area (Å²) < 4.78 is 0. The van der Waals surface area contributed by atoms with Crippen LogP contribution in [0.1, 0.15) is 16.7 Å². The molecule has 0 aliphatic heterocycles. The van der Waals surface area contributed by atoms with Crippen molar-refractivity contribution in [3.63, 3.8) is 0 Å². The van der Waals surface area contributed by atoms with Gasteiger partial charge in [-0.15, -0.1) is 0 Å². The van der Waals surface area contributed by atoms with Gasteiger partial charge >= 0.3 is 0 Å². The zero-order chi connectivity index (χ0) is 22.3. The van der Waals surface area contributed by atoms with E-state index in [2.05, 4.69) is 37.7 Å². The summed E-state index contributed by atoms with van der Waals surface area (Å²) in [6, 6.07) is 24.1. The molecule has 0 aliphatic rings. The van der Waals surface area contributed by atoms with Gasteiger partial charge in [0.1, 0.15) is 6.33 Å². The second-order valence-electron chi connectivity index (χ2n) is 7.42. The number of anilines is 5. The number of nitrogens with zero attached hydrogens (tertiary/aromatic N) is 4. The van der Waals surface area contributed by atoms with Gasteiger partial charge in [-0.3, -0.25) is 0 Å². The van der Waals surface area contributed by atoms with E-state index in [4.69, 9.17) is 5.41 Å². The molecule has 4 rings (SSSR count). The average molecular weight is 424 g/mol. The van der Waals surface area contributed by atoms with Crippen LogP contribution < -0.4 is 15.5 Å². The summed E-state index contributed by atoms with van der Waals surface area (Å²) in [5.41, 5.74) is 5.83. The van der Waals surface area contributed by atoms with Crippen molar-refractivity contribution < 1.29 is 0 Å². The van der Waals surface area contributed by atoms with Crippen molar-refractivity contribution in [2.75, 3.05) is 22.6 Å². The molecule has 0 bridgehead atoms. The maximum Gasteiger partial charge on any atom is 0.234 e. The monoisotopic (exact) mass is 423 g/mol. The highest BCUT2D eigenvalue weighted by Crippen LogP contribution is 2.26. The Morgan fingerprint density at radius 2 is 1.81 bits per heavy atom. The van der Waals surface area contributed by atoms with Crippen molar-refractivity contribution in [2.24, 2.45) is 0 Å². The van der Waals surface area contributed by atoms with E-state index >= 15 is 0 Å². The molecule has 0 aliphatic carbocycles. The van der Waals surface area contributed by atoms with Gasteiger partial charge in [0.2, 0.25) is 11.9 Å². The third kappa shape index (κ3) is 5.07. The van der Waals surface area contributed by atoms with E-state index in [-0.39, 0.29) is 0 Å². The summed E-state index contributed by atoms with van der Waals surface area (Å²) in [6.07, 6.45) is 2.84. The predicted octanol–water partition coefficient (Wildman–Crippen LogP) is 5.30. The second kappa shape index (κ2) is 9.70. The molecule has 160 valence electrons. The fourth-order valence-corrected chi connectivity index (χ4v) is 3.31. The van der Waals surface area contributed by atoms with Crippen LogP contribution in [0, 0.1) is 12.3 Å². The predicted molar refractivity (Wildman–Crippen MR) is 130 cm³/mol. The van der Waals surface area contributed by atoms with Crippen molar-refractivity contribution in [1.82, 2.24) is 15.0 Å². The van der Waals surface area contributed by atoms with Gasteiger partial charge < -0.3 is 20.9 Å². The van der Waals surface area contributed by atoms with E-state index in [1.54, 1.807) is 0 Å². The van der Waals surface area contributed by atoms with Crippen LogP contribution in [0.3, 0.4) is 0 Å². The highest BCUT2D eigenvalue weighted by molar-refractivity contribution is 5.88. The van der Waals surface area contributed by atoms with Crippen LogP contribution in [0.5, 0.6) is 0 Å². The summed E-state index contributed by atoms with van der Waals surface area (Å²) >= 11 is 0. The molecule has 7 heteroatoms. The molecule has 0 saturated carbocycles. The summed E-state index contributed by atoms with van der Waals surface area (Å²) in [6.45, 7) is 2.73. The minimum atomic E-state index is 0.473. The Bertz CT molecular complexity index is 1210. The Labute approximate surface area is 187 Å². The Morgan fingerprint density at radius 3 is 2.59 bits per heavy atom. The number of aryl methyl sites for hydroxylation is 1. The van der Waals surface area contributed by atoms with Gasteiger partial charge in [0.15, 0.2) is 0 Å². The van der Waals surface area contributed by atoms with Crippen molar-refractivity contribution in [3.8, 4) is 0 Å². The third-order valence-electron chi connectivity index (χ3n) is 5.04. The van der Waals surface area contributed by atoms with Crippen LogP contribution >= 0.6 is 0 Å². The fraction of sp³-hybridized carbons (Fsp3) is 0.120. The summed E-state index contributed by atoms with van der Waals surface area (Å²) in [5, 5.41) is 14.5. The molecule has 0 fully saturated rings. The van der Waals surface area contributed by atoms with Crippen molar-refractivity contribution in [1.29, 1.82) is 5.41 Å². The summed E-state index contributed by atoms with van der Waals surface area (Å²) in [7, 11) is 1.89. The van der Waals surface area contributed by atoms with E-state index in [0.717, 1.165) is 28.2 Å². The first-order valence-corrected chi connectivity index (χ1v) is 10.3. The van der Waals surface area contributed by atoms with Crippen molar-refractivity contribution >= 4 is 35.2 Å². The quantitative estimate of drug-likeness (QED) is 0.333. The number of nitrogens with one attached hydrogen (secondary N) is 3. The average Bonchev–Trinajstić information content (AvgIpc) is 2.83. The smallest absolute Gasteiger partial charge is 0.234 e. The maximum absolute atomic E-state index is 7.85. The summed E-state index contributed by atoms with van der Waals surface area (Å²) in [4.78, 5) is 15.0. The van der Waals surface area contributed by atoms with Crippen LogP contribution in [0.15, 0.2) is 79.1 Å². The highest BCUT2D eigenvalue weighted by Gasteiger charge is 2.11. The number of rotatable bonds is 8. The molecule has 0 radical (unpaired) electrons. The molecule has 32 heavy (non-hydrogen) atoms. The highest BCUT2D eigenvalue weighted by atomic mass is 15.3. The lowest BCUT2D eigenvalue weighted by Gasteiger charge is -2.19. The van der Waals surface area contributed by atoms with Gasteiger partial charge in [0.05, 0.1) is 0 Å². The zero-order valence-corrected chi connectivity index (χ0v) is 18.1. The Morgan fingerprint density at radius 1 is 0.969 bits per heavy atom. The molecule has 4 aromatic rings. The van der Waals surface area contributed by atoms with Gasteiger partial charge in [-0.05, 0) is 48.4 Å². The molecule has 0 amide bonds. The molecule has 3 aromatic carbocycles. The fourth-order valence-electron chi connectivity index (χ4n) is 3.31. The van der Waals surface area contributed by atoms with Gasteiger partial charge in [-0.2, -0.15) is 4.98 Å². The number of aromatic nitrogens is 3. The molecular weight excluding hydrogens is 398 g/mol. The topological polar surface area (TPSA) is 89.8 Å². The zero-order valence-electron chi connectivity index (χ0n) is 18.1. The first kappa shape index (κ1) is 21.0. The third-order valence-corrected chi connectivity index (χ3v) is 5.04. The minimum Gasteiger partial charge on any atom is -0.380 e. The largest absolute Gasteiger partial charge is 0.380 e. The molecule has 0 atom stereocenters. The number of benzene rings is 3. The van der Waals surface area contributed by atoms with Crippen molar-refractivity contribution in [2.45, 2.75) is 13.5 Å². The van der Waals surface area contributed by atoms with E-state index < -0.39 is 0 Å². The molecule has 7 nitrogen and oxygen atoms in total. The van der Waals surface area contributed by atoms with Crippen LogP contribution in [0.4, 0.5) is 29.0 Å². The SMILES string of the molecule is Cc1cccc(Nc2ncnc(N(C)c3ccc(NCc4ccccc4)c(C=N)c3)n2)c1. The molecule has 1 heterocycles. The van der Waals surface area contributed by atoms with Gasteiger partial charge in [0, 0.05) is 42.4 Å². The molecule has 0 saturated heterocycles. The van der Waals surface area contributed by atoms with E-state index in [1.165, 1.54) is 18.1 Å². The van der Waals surface area contributed by atoms with Gasteiger partial charge in [-0.25, -0.2) is 9.97 Å². The van der Waals surface area contributed by atoms with Crippen LogP contribution in [0.25, 0.3) is 0 Å². The minimum absolute atomic E-state index is 0.473. The number of hydrogen-bond acceptors (Lipinski definition) is 7. The van der Waals surface area contributed by atoms with Gasteiger partial charge in [-0.1, -0.05) is 42.5 Å². The van der Waals surface area contributed by atoms with E-state index in [1.807, 2.05) is 79.5 Å². The van der Waals surface area contributed by atoms with Crippen LogP contribution in [-0.4, -0.2) is 28.2 Å². The second-order valence-corrected chi connectivity index (χ2v) is 7.42. The molecule has 0 spiro atoms. The van der Waals surface area contributed by atoms with Crippen LogP contribution in [0.2, 0.25) is 0 Å². The van der Waals surface area contributed by atoms with Crippen LogP contribution in [-0.2, 0) is 6.54 Å². The number of hydrogen-bond donors (Lipinski definition) is 3. The first-order chi connectivity index (χ1) is 15.6. The normalized spacial score (nSPS) is 10.4. The van der Waals surface area contributed by atoms with E-state index in [9.17, 15) is 0 Å². The molecule has 3 N–H and O–H groups in total. The standard InChI is InChI=1S/C25H25N7/c1-18-7-6-10-21(13-18)30-24-28-17-29-25(31-24)32(2)22-11-12-23(20(14-22)15-26)27-16-19-8-4-3-5-9-19/h3-15,17,26-27H,16H2,1-2H3,(H,28,29,30,31). The lowest BCUT2D eigenvalue weighted by atomic mass is 10.1.